The molecule has 3 saturated carbocycles. The summed E-state index contributed by atoms with van der Waals surface area (Å²) in [7, 11) is -0.0819. The fourth-order valence-corrected chi connectivity index (χ4v) is 14.1. The van der Waals surface area contributed by atoms with Crippen LogP contribution in [-0.2, 0) is 8.92 Å². The monoisotopic (exact) mass is 933 g/mol. The summed E-state index contributed by atoms with van der Waals surface area (Å²) in [6, 6.07) is 0. The summed E-state index contributed by atoms with van der Waals surface area (Å²) in [5.41, 5.74) is 2.70. The average molecular weight is 934 g/mol. The number of aliphatic hydroxyl groups excluding tert-OH is 1. The molecule has 0 heterocycles. The molecule has 0 amide bonds. The molecule has 0 bridgehead atoms. The van der Waals surface area contributed by atoms with Gasteiger partial charge < -0.3 is 14.0 Å². The molecule has 388 valence electrons. The van der Waals surface area contributed by atoms with Crippen molar-refractivity contribution >= 4 is 10.3 Å². The quantitative estimate of drug-likeness (QED) is 0.0443. The molecule has 0 radical (unpaired) electrons. The minimum atomic E-state index is -1.08. The summed E-state index contributed by atoms with van der Waals surface area (Å²) in [5, 5.41) is 7.00. The van der Waals surface area contributed by atoms with Crippen LogP contribution in [0.15, 0.2) is 23.8 Å². The number of fused-ring (bicyclic) bond motifs is 5. The topological polar surface area (TPSA) is 38.7 Å². The van der Waals surface area contributed by atoms with Crippen LogP contribution in [0.3, 0.4) is 0 Å². The Bertz CT molecular complexity index is 1180. The molecule has 65 heavy (non-hydrogen) atoms. The molecule has 0 aromatic rings. The minimum Gasteiger partial charge on any atom is -0.400 e. The zero-order valence-corrected chi connectivity index (χ0v) is 47.8. The Morgan fingerprint density at radius 3 is 1.74 bits per heavy atom. The lowest BCUT2D eigenvalue weighted by molar-refractivity contribution is -0.134. The van der Waals surface area contributed by atoms with Gasteiger partial charge in [0.2, 0.25) is 0 Å². The molecule has 4 heteroatoms. The van der Waals surface area contributed by atoms with E-state index in [1.807, 2.05) is 13.8 Å². The summed E-state index contributed by atoms with van der Waals surface area (Å²) < 4.78 is 13.6. The predicted octanol–water partition coefficient (Wildman–Crippen LogP) is 20.0. The molecule has 0 aliphatic heterocycles. The zero-order valence-electron chi connectivity index (χ0n) is 47.0. The highest BCUT2D eigenvalue weighted by atomic mass is 32.3. The van der Waals surface area contributed by atoms with Crippen LogP contribution in [0.4, 0.5) is 0 Å². The van der Waals surface area contributed by atoms with Gasteiger partial charge in [-0.05, 0) is 167 Å². The molecule has 0 spiro atoms. The van der Waals surface area contributed by atoms with E-state index < -0.39 is 10.3 Å². The van der Waals surface area contributed by atoms with E-state index in [4.69, 9.17) is 14.0 Å². The third-order valence-electron chi connectivity index (χ3n) is 17.2. The summed E-state index contributed by atoms with van der Waals surface area (Å²) in [6.45, 7) is 26.2. The first-order valence-electron chi connectivity index (χ1n) is 29.0. The van der Waals surface area contributed by atoms with E-state index in [1.54, 1.807) is 5.57 Å². The van der Waals surface area contributed by atoms with Crippen LogP contribution in [0.1, 0.15) is 275 Å². The SMILES string of the molecule is CC.CCCCCCC.CCCCCCCC/C=C\CCCCCCCCC(OC1CCC2(C)C(=CCC3C2CCC2(C)C(C(C)CCC(CC)C(C)C)CCC32)C1)OS(C)(C)C.CO. The van der Waals surface area contributed by atoms with Crippen molar-refractivity contribution < 1.29 is 14.0 Å². The first kappa shape index (κ1) is 62.7. The van der Waals surface area contributed by atoms with Crippen LogP contribution in [-0.4, -0.2) is 43.4 Å². The Labute approximate surface area is 412 Å². The Hall–Kier alpha value is -0.290. The van der Waals surface area contributed by atoms with Crippen molar-refractivity contribution in [3.8, 4) is 0 Å². The molecule has 1 N–H and O–H groups in total. The molecule has 0 aromatic carbocycles. The maximum Gasteiger partial charge on any atom is 0.168 e. The van der Waals surface area contributed by atoms with E-state index >= 15 is 0 Å². The smallest absolute Gasteiger partial charge is 0.168 e. The highest BCUT2D eigenvalue weighted by Gasteiger charge is 2.59. The second-order valence-corrected chi connectivity index (χ2v) is 26.6. The van der Waals surface area contributed by atoms with Gasteiger partial charge in [-0.2, -0.15) is 0 Å². The third kappa shape index (κ3) is 22.6. The number of aliphatic hydroxyl groups is 1. The van der Waals surface area contributed by atoms with Crippen molar-refractivity contribution in [1.82, 2.24) is 0 Å². The fourth-order valence-electron chi connectivity index (χ4n) is 13.3. The van der Waals surface area contributed by atoms with E-state index in [9.17, 15) is 0 Å². The van der Waals surface area contributed by atoms with Gasteiger partial charge in [0, 0.05) is 7.11 Å². The van der Waals surface area contributed by atoms with Gasteiger partial charge in [0.1, 0.15) is 0 Å². The largest absolute Gasteiger partial charge is 0.400 e. The number of hydrogen-bond donors (Lipinski definition) is 1. The molecule has 3 nitrogen and oxygen atoms in total. The van der Waals surface area contributed by atoms with Gasteiger partial charge >= 0.3 is 0 Å². The van der Waals surface area contributed by atoms with Crippen molar-refractivity contribution in [3.63, 3.8) is 0 Å². The van der Waals surface area contributed by atoms with Crippen LogP contribution < -0.4 is 0 Å². The standard InChI is InChI=1S/C51H94O2S.C7H16.C2H6.CH4O/c1-11-13-14-15-16-17-18-19-20-21-22-23-24-25-26-27-28-49(53-54(8,9)10)52-44-35-37-50(6)43(39-44)31-32-45-47-34-33-46(51(47,7)38-36-48(45)50)41(5)29-30-42(12-2)40(3)4;1-3-5-7-6-4-2;2*1-2/h19-20,31,40-42,44-49H,11-18,21-30,32-39H2,1-10H3;3-7H2,1-2H3;1-2H3;2H,1H3/b20-19-;;;. The third-order valence-corrected chi connectivity index (χ3v) is 18.0. The van der Waals surface area contributed by atoms with Gasteiger partial charge in [0.15, 0.2) is 6.29 Å². The van der Waals surface area contributed by atoms with E-state index in [1.165, 1.54) is 186 Å². The minimum absolute atomic E-state index is 0.0379. The number of allylic oxidation sites excluding steroid dienone is 3. The van der Waals surface area contributed by atoms with Gasteiger partial charge in [0.05, 0.1) is 6.10 Å². The number of ether oxygens (including phenoxy) is 1. The van der Waals surface area contributed by atoms with Crippen molar-refractivity contribution in [2.24, 2.45) is 52.3 Å². The second-order valence-electron chi connectivity index (χ2n) is 23.0. The molecule has 0 aromatic heterocycles. The Morgan fingerprint density at radius 2 is 1.20 bits per heavy atom. The number of unbranched alkanes of at least 4 members (excludes halogenated alkanes) is 16. The summed E-state index contributed by atoms with van der Waals surface area (Å²) in [4.78, 5) is 0. The lowest BCUT2D eigenvalue weighted by Gasteiger charge is -2.58. The van der Waals surface area contributed by atoms with E-state index in [0.717, 1.165) is 61.4 Å². The maximum absolute atomic E-state index is 7.00. The van der Waals surface area contributed by atoms with Crippen molar-refractivity contribution in [1.29, 1.82) is 0 Å². The zero-order chi connectivity index (χ0) is 48.7. The van der Waals surface area contributed by atoms with E-state index in [0.29, 0.717) is 16.9 Å². The maximum atomic E-state index is 7.00. The van der Waals surface area contributed by atoms with E-state index in [-0.39, 0.29) is 6.29 Å². The van der Waals surface area contributed by atoms with Crippen LogP contribution in [0, 0.1) is 52.3 Å². The van der Waals surface area contributed by atoms with Crippen molar-refractivity contribution in [2.75, 3.05) is 25.9 Å². The fraction of sp³-hybridized carbons (Fsp3) is 0.934. The average Bonchev–Trinajstić information content (AvgIpc) is 3.65. The van der Waals surface area contributed by atoms with E-state index in [2.05, 4.69) is 99.3 Å². The molecular weight excluding hydrogens is 813 g/mol. The van der Waals surface area contributed by atoms with Gasteiger partial charge in [-0.1, -0.05) is 203 Å². The Balaban J connectivity index is 0.00000173. The molecule has 4 aliphatic rings. The lowest BCUT2D eigenvalue weighted by atomic mass is 9.47. The second kappa shape index (κ2) is 35.8. The summed E-state index contributed by atoms with van der Waals surface area (Å²) >= 11 is 0. The van der Waals surface area contributed by atoms with Gasteiger partial charge in [-0.25, -0.2) is 0 Å². The van der Waals surface area contributed by atoms with Crippen molar-refractivity contribution in [2.45, 2.75) is 288 Å². The Morgan fingerprint density at radius 1 is 0.662 bits per heavy atom. The van der Waals surface area contributed by atoms with Crippen LogP contribution in [0.2, 0.25) is 0 Å². The van der Waals surface area contributed by atoms with Gasteiger partial charge in [-0.3, -0.25) is 0 Å². The Kier molecular flexibility index (Phi) is 34.5. The lowest BCUT2D eigenvalue weighted by Crippen LogP contribution is -2.51. The summed E-state index contributed by atoms with van der Waals surface area (Å²) in [5.74, 6) is 6.26. The molecule has 10 unspecified atom stereocenters. The highest BCUT2D eigenvalue weighted by molar-refractivity contribution is 8.28. The molecule has 10 atom stereocenters. The van der Waals surface area contributed by atoms with Crippen LogP contribution in [0.25, 0.3) is 0 Å². The first-order valence-corrected chi connectivity index (χ1v) is 31.8. The van der Waals surface area contributed by atoms with Crippen molar-refractivity contribution in [3.05, 3.63) is 23.8 Å². The van der Waals surface area contributed by atoms with Crippen LogP contribution >= 0.6 is 10.3 Å². The molecule has 3 fully saturated rings. The van der Waals surface area contributed by atoms with Gasteiger partial charge in [0.25, 0.3) is 0 Å². The highest BCUT2D eigenvalue weighted by Crippen LogP contribution is 2.67. The molecule has 0 saturated heterocycles. The summed E-state index contributed by atoms with van der Waals surface area (Å²) in [6.07, 6.45) is 56.9. The van der Waals surface area contributed by atoms with Gasteiger partial charge in [-0.15, -0.1) is 10.3 Å². The molecular formula is C61H120O3S. The predicted molar refractivity (Wildman–Crippen MR) is 295 cm³/mol. The number of hydrogen-bond acceptors (Lipinski definition) is 3. The molecule has 4 rings (SSSR count). The number of rotatable bonds is 30. The molecule has 4 aliphatic carbocycles. The first-order chi connectivity index (χ1) is 31.2. The van der Waals surface area contributed by atoms with Crippen LogP contribution in [0.5, 0.6) is 0 Å². The normalized spacial score (nSPS) is 27.7.